The fourth-order valence-corrected chi connectivity index (χ4v) is 1.35. The van der Waals surface area contributed by atoms with Crippen molar-refractivity contribution < 1.29 is 0 Å². The molecule has 0 radical (unpaired) electrons. The van der Waals surface area contributed by atoms with Crippen molar-refractivity contribution >= 4 is 16.7 Å². The van der Waals surface area contributed by atoms with E-state index in [9.17, 15) is 0 Å². The Hall–Kier alpha value is -0.640. The normalized spacial score (nSPS) is 13.0. The summed E-state index contributed by atoms with van der Waals surface area (Å²) in [6.07, 6.45) is 1.11. The van der Waals surface area contributed by atoms with E-state index in [2.05, 4.69) is 28.5 Å². The van der Waals surface area contributed by atoms with E-state index in [-0.39, 0.29) is 0 Å². The minimum atomic E-state index is 0.488. The minimum Gasteiger partial charge on any atom is -0.358 e. The van der Waals surface area contributed by atoms with Crippen LogP contribution in [0.5, 0.6) is 0 Å². The Morgan fingerprint density at radius 2 is 2.36 bits per heavy atom. The maximum atomic E-state index is 4.19. The molecule has 0 aliphatic carbocycles. The first-order valence-electron chi connectivity index (χ1n) is 3.79. The Kier molecular flexibility index (Phi) is 2.82. The molecule has 0 fully saturated rings. The second-order valence-electron chi connectivity index (χ2n) is 2.60. The average molecular weight is 171 g/mol. The van der Waals surface area contributed by atoms with Gasteiger partial charge in [-0.2, -0.15) is 4.37 Å². The highest BCUT2D eigenvalue weighted by atomic mass is 32.1. The van der Waals surface area contributed by atoms with Gasteiger partial charge in [-0.25, -0.2) is 4.98 Å². The van der Waals surface area contributed by atoms with Crippen molar-refractivity contribution in [1.82, 2.24) is 9.36 Å². The molecule has 1 atom stereocenters. The van der Waals surface area contributed by atoms with E-state index < -0.39 is 0 Å². The van der Waals surface area contributed by atoms with Gasteiger partial charge in [-0.15, -0.1) is 0 Å². The fraction of sp³-hybridized carbons (Fsp3) is 0.714. The lowest BCUT2D eigenvalue weighted by molar-refractivity contribution is 0.762. The van der Waals surface area contributed by atoms with Gasteiger partial charge in [-0.3, -0.25) is 0 Å². The van der Waals surface area contributed by atoms with Gasteiger partial charge in [-0.05, 0) is 20.3 Å². The number of hydrogen-bond acceptors (Lipinski definition) is 4. The molecule has 1 N–H and O–H groups in total. The summed E-state index contributed by atoms with van der Waals surface area (Å²) < 4.78 is 4.07. The summed E-state index contributed by atoms with van der Waals surface area (Å²) in [6, 6.07) is 0.488. The van der Waals surface area contributed by atoms with Crippen LogP contribution in [0.15, 0.2) is 0 Å². The summed E-state index contributed by atoms with van der Waals surface area (Å²) in [7, 11) is 0. The zero-order valence-corrected chi connectivity index (χ0v) is 7.90. The molecule has 0 aromatic carbocycles. The summed E-state index contributed by atoms with van der Waals surface area (Å²) in [5, 5.41) is 4.18. The largest absolute Gasteiger partial charge is 0.358 e. The van der Waals surface area contributed by atoms with Crippen molar-refractivity contribution in [3.05, 3.63) is 5.82 Å². The highest BCUT2D eigenvalue weighted by Gasteiger charge is 2.02. The van der Waals surface area contributed by atoms with Crippen LogP contribution in [0.3, 0.4) is 0 Å². The van der Waals surface area contributed by atoms with Crippen molar-refractivity contribution in [2.75, 3.05) is 5.32 Å². The highest BCUT2D eigenvalue weighted by molar-refractivity contribution is 7.09. The number of nitrogens with one attached hydrogen (secondary N) is 1. The van der Waals surface area contributed by atoms with E-state index in [1.54, 1.807) is 0 Å². The first-order chi connectivity index (χ1) is 5.22. The lowest BCUT2D eigenvalue weighted by Crippen LogP contribution is -2.12. The predicted octanol–water partition coefficient (Wildman–Crippen LogP) is 2.06. The summed E-state index contributed by atoms with van der Waals surface area (Å²) in [6.45, 7) is 6.18. The predicted molar refractivity (Wildman–Crippen MR) is 48.0 cm³/mol. The van der Waals surface area contributed by atoms with Crippen LogP contribution in [-0.2, 0) is 0 Å². The van der Waals surface area contributed by atoms with E-state index in [0.29, 0.717) is 6.04 Å². The van der Waals surface area contributed by atoms with E-state index in [1.165, 1.54) is 11.5 Å². The van der Waals surface area contributed by atoms with Crippen LogP contribution in [-0.4, -0.2) is 15.4 Å². The molecule has 1 aromatic heterocycles. The average Bonchev–Trinajstić information content (AvgIpc) is 2.35. The van der Waals surface area contributed by atoms with Gasteiger partial charge in [-0.1, -0.05) is 6.92 Å². The Balaban J connectivity index is 2.50. The SMILES string of the molecule is CCC(C)Nc1nc(C)ns1. The van der Waals surface area contributed by atoms with Gasteiger partial charge in [0.2, 0.25) is 5.13 Å². The lowest BCUT2D eigenvalue weighted by atomic mass is 10.3. The molecule has 0 saturated heterocycles. The highest BCUT2D eigenvalue weighted by Crippen LogP contribution is 2.11. The van der Waals surface area contributed by atoms with Crippen molar-refractivity contribution in [3.63, 3.8) is 0 Å². The smallest absolute Gasteiger partial charge is 0.202 e. The third-order valence-corrected chi connectivity index (χ3v) is 2.25. The van der Waals surface area contributed by atoms with Gasteiger partial charge >= 0.3 is 0 Å². The molecule has 0 aliphatic rings. The molecule has 0 bridgehead atoms. The molecule has 3 nitrogen and oxygen atoms in total. The van der Waals surface area contributed by atoms with Crippen molar-refractivity contribution in [1.29, 1.82) is 0 Å². The van der Waals surface area contributed by atoms with Crippen LogP contribution in [0.1, 0.15) is 26.1 Å². The number of aromatic nitrogens is 2. The van der Waals surface area contributed by atoms with Gasteiger partial charge in [0.1, 0.15) is 5.82 Å². The Morgan fingerprint density at radius 3 is 2.82 bits per heavy atom. The molecule has 1 unspecified atom stereocenters. The molecule has 11 heavy (non-hydrogen) atoms. The molecule has 4 heteroatoms. The van der Waals surface area contributed by atoms with E-state index in [4.69, 9.17) is 0 Å². The summed E-state index contributed by atoms with van der Waals surface area (Å²) in [5.74, 6) is 0.848. The quantitative estimate of drug-likeness (QED) is 0.756. The molecule has 1 aromatic rings. The second kappa shape index (κ2) is 3.67. The maximum Gasteiger partial charge on any atom is 0.202 e. The molecule has 1 heterocycles. The molecule has 0 spiro atoms. The fourth-order valence-electron chi connectivity index (χ4n) is 0.669. The van der Waals surface area contributed by atoms with Crippen LogP contribution in [0.2, 0.25) is 0 Å². The van der Waals surface area contributed by atoms with E-state index in [0.717, 1.165) is 17.4 Å². The Labute approximate surface area is 71.0 Å². The summed E-state index contributed by atoms with van der Waals surface area (Å²) in [5.41, 5.74) is 0. The molecular weight excluding hydrogens is 158 g/mol. The standard InChI is InChI=1S/C7H13N3S/c1-4-5(2)8-7-9-6(3)10-11-7/h5H,4H2,1-3H3,(H,8,9,10). The van der Waals surface area contributed by atoms with Crippen LogP contribution in [0.25, 0.3) is 0 Å². The number of anilines is 1. The topological polar surface area (TPSA) is 37.8 Å². The number of rotatable bonds is 3. The first-order valence-corrected chi connectivity index (χ1v) is 4.56. The van der Waals surface area contributed by atoms with Crippen LogP contribution in [0.4, 0.5) is 5.13 Å². The van der Waals surface area contributed by atoms with Crippen LogP contribution < -0.4 is 5.32 Å². The second-order valence-corrected chi connectivity index (χ2v) is 3.35. The Morgan fingerprint density at radius 1 is 1.64 bits per heavy atom. The molecule has 0 saturated carbocycles. The van der Waals surface area contributed by atoms with Gasteiger partial charge in [0, 0.05) is 17.6 Å². The number of aryl methyl sites for hydroxylation is 1. The number of nitrogens with zero attached hydrogens (tertiary/aromatic N) is 2. The maximum absolute atomic E-state index is 4.19. The van der Waals surface area contributed by atoms with Crippen LogP contribution in [0, 0.1) is 6.92 Å². The van der Waals surface area contributed by atoms with E-state index in [1.807, 2.05) is 6.92 Å². The first kappa shape index (κ1) is 8.46. The molecule has 0 amide bonds. The summed E-state index contributed by atoms with van der Waals surface area (Å²) >= 11 is 1.42. The van der Waals surface area contributed by atoms with Crippen LogP contribution >= 0.6 is 11.5 Å². The molecule has 62 valence electrons. The monoisotopic (exact) mass is 171 g/mol. The molecule has 0 aliphatic heterocycles. The van der Waals surface area contributed by atoms with Crippen molar-refractivity contribution in [3.8, 4) is 0 Å². The minimum absolute atomic E-state index is 0.488. The van der Waals surface area contributed by atoms with Gasteiger partial charge in [0.15, 0.2) is 0 Å². The summed E-state index contributed by atoms with van der Waals surface area (Å²) in [4.78, 5) is 4.19. The third-order valence-electron chi connectivity index (χ3n) is 1.51. The van der Waals surface area contributed by atoms with E-state index >= 15 is 0 Å². The Bertz CT molecular complexity index is 221. The van der Waals surface area contributed by atoms with Gasteiger partial charge in [0.25, 0.3) is 0 Å². The molecule has 1 rings (SSSR count). The van der Waals surface area contributed by atoms with Gasteiger partial charge in [0.05, 0.1) is 0 Å². The number of hydrogen-bond donors (Lipinski definition) is 1. The van der Waals surface area contributed by atoms with Crippen molar-refractivity contribution in [2.24, 2.45) is 0 Å². The molecular formula is C7H13N3S. The zero-order valence-electron chi connectivity index (χ0n) is 7.09. The lowest BCUT2D eigenvalue weighted by Gasteiger charge is -2.07. The third kappa shape index (κ3) is 2.46. The van der Waals surface area contributed by atoms with Crippen molar-refractivity contribution in [2.45, 2.75) is 33.2 Å². The van der Waals surface area contributed by atoms with Gasteiger partial charge < -0.3 is 5.32 Å². The zero-order chi connectivity index (χ0) is 8.27.